The summed E-state index contributed by atoms with van der Waals surface area (Å²) in [6.45, 7) is 0. The highest BCUT2D eigenvalue weighted by Crippen LogP contribution is 2.31. The summed E-state index contributed by atoms with van der Waals surface area (Å²) in [7, 11) is 4.63. The van der Waals surface area contributed by atoms with Gasteiger partial charge in [-0.25, -0.2) is 0 Å². The van der Waals surface area contributed by atoms with E-state index in [1.807, 2.05) is 18.2 Å². The van der Waals surface area contributed by atoms with Gasteiger partial charge >= 0.3 is 0 Å². The summed E-state index contributed by atoms with van der Waals surface area (Å²) in [5.41, 5.74) is 2.93. The van der Waals surface area contributed by atoms with Crippen LogP contribution >= 0.6 is 0 Å². The topological polar surface area (TPSA) is 90.5 Å². The Labute approximate surface area is 167 Å². The van der Waals surface area contributed by atoms with Crippen molar-refractivity contribution in [1.82, 2.24) is 10.2 Å². The Balaban J connectivity index is 1.80. The molecule has 0 amide bonds. The van der Waals surface area contributed by atoms with E-state index in [-0.39, 0.29) is 5.78 Å². The molecular weight excluding hydrogens is 372 g/mol. The molecule has 0 aliphatic carbocycles. The number of allylic oxidation sites excluding steroid dienone is 1. The van der Waals surface area contributed by atoms with Crippen molar-refractivity contribution >= 4 is 18.1 Å². The largest absolute Gasteiger partial charge is 0.497 e. The Bertz CT molecular complexity index is 1070. The number of benzene rings is 2. The first-order valence-corrected chi connectivity index (χ1v) is 8.72. The molecule has 7 heteroatoms. The van der Waals surface area contributed by atoms with Crippen molar-refractivity contribution < 1.29 is 23.8 Å². The number of hydrogen-bond donors (Lipinski definition) is 1. The van der Waals surface area contributed by atoms with Crippen LogP contribution in [-0.4, -0.2) is 43.6 Å². The van der Waals surface area contributed by atoms with Gasteiger partial charge in [-0.2, -0.15) is 5.10 Å². The maximum Gasteiger partial charge on any atom is 0.186 e. The second-order valence-corrected chi connectivity index (χ2v) is 6.09. The van der Waals surface area contributed by atoms with E-state index < -0.39 is 0 Å². The van der Waals surface area contributed by atoms with Crippen LogP contribution < -0.4 is 14.2 Å². The molecule has 1 aromatic heterocycles. The van der Waals surface area contributed by atoms with Gasteiger partial charge in [0.15, 0.2) is 17.3 Å². The molecule has 0 spiro atoms. The van der Waals surface area contributed by atoms with Crippen molar-refractivity contribution in [2.24, 2.45) is 0 Å². The Kier molecular flexibility index (Phi) is 6.09. The molecule has 148 valence electrons. The fourth-order valence-electron chi connectivity index (χ4n) is 2.78. The lowest BCUT2D eigenvalue weighted by molar-refractivity contribution is 0.104. The third-order valence-electron chi connectivity index (χ3n) is 4.28. The number of H-pyrrole nitrogens is 1. The maximum atomic E-state index is 12.5. The quantitative estimate of drug-likeness (QED) is 0.356. The van der Waals surface area contributed by atoms with Gasteiger partial charge in [-0.3, -0.25) is 14.7 Å². The van der Waals surface area contributed by atoms with E-state index in [1.165, 1.54) is 19.3 Å². The molecular formula is C22H20N2O5. The number of methoxy groups -OCH3 is 3. The number of ether oxygens (including phenoxy) is 3. The molecule has 0 saturated heterocycles. The molecule has 3 rings (SSSR count). The highest BCUT2D eigenvalue weighted by molar-refractivity contribution is 6.07. The van der Waals surface area contributed by atoms with Gasteiger partial charge in [0.2, 0.25) is 0 Å². The van der Waals surface area contributed by atoms with Crippen molar-refractivity contribution in [2.45, 2.75) is 0 Å². The number of aromatic nitrogens is 2. The van der Waals surface area contributed by atoms with Gasteiger partial charge in [0, 0.05) is 16.7 Å². The smallest absolute Gasteiger partial charge is 0.186 e. The first-order valence-electron chi connectivity index (χ1n) is 8.72. The molecule has 0 fully saturated rings. The molecule has 7 nitrogen and oxygen atoms in total. The van der Waals surface area contributed by atoms with Crippen molar-refractivity contribution in [1.29, 1.82) is 0 Å². The molecule has 0 unspecified atom stereocenters. The van der Waals surface area contributed by atoms with Crippen LogP contribution in [0.15, 0.2) is 48.5 Å². The molecule has 0 saturated carbocycles. The first-order chi connectivity index (χ1) is 14.1. The monoisotopic (exact) mass is 392 g/mol. The molecule has 3 aromatic rings. The SMILES string of the molecule is COc1cc(C=O)cc(C(=O)/C=C/c2cc(-c3ccc(OC)c(OC)c3)n[nH]2)c1. The lowest BCUT2D eigenvalue weighted by atomic mass is 10.1. The van der Waals surface area contributed by atoms with Crippen LogP contribution in [0.25, 0.3) is 17.3 Å². The van der Waals surface area contributed by atoms with Gasteiger partial charge in [0.1, 0.15) is 12.0 Å². The Morgan fingerprint density at radius 2 is 1.76 bits per heavy atom. The second-order valence-electron chi connectivity index (χ2n) is 6.09. The van der Waals surface area contributed by atoms with Gasteiger partial charge in [-0.15, -0.1) is 0 Å². The molecule has 0 radical (unpaired) electrons. The van der Waals surface area contributed by atoms with Gasteiger partial charge in [0.05, 0.1) is 32.7 Å². The highest BCUT2D eigenvalue weighted by Gasteiger charge is 2.10. The van der Waals surface area contributed by atoms with E-state index in [2.05, 4.69) is 10.2 Å². The zero-order chi connectivity index (χ0) is 20.8. The zero-order valence-electron chi connectivity index (χ0n) is 16.3. The summed E-state index contributed by atoms with van der Waals surface area (Å²) in [4.78, 5) is 23.5. The third-order valence-corrected chi connectivity index (χ3v) is 4.28. The molecule has 0 aliphatic heterocycles. The number of aromatic amines is 1. The summed E-state index contributed by atoms with van der Waals surface area (Å²) in [6, 6.07) is 12.0. The maximum absolute atomic E-state index is 12.5. The number of carbonyl (C=O) groups excluding carboxylic acids is 2. The Morgan fingerprint density at radius 1 is 0.966 bits per heavy atom. The van der Waals surface area contributed by atoms with Gasteiger partial charge < -0.3 is 14.2 Å². The highest BCUT2D eigenvalue weighted by atomic mass is 16.5. The normalized spacial score (nSPS) is 10.7. The van der Waals surface area contributed by atoms with Crippen LogP contribution in [0.3, 0.4) is 0 Å². The van der Waals surface area contributed by atoms with Gasteiger partial charge in [0.25, 0.3) is 0 Å². The summed E-state index contributed by atoms with van der Waals surface area (Å²) in [5.74, 6) is 1.42. The molecule has 2 aromatic carbocycles. The minimum absolute atomic E-state index is 0.255. The molecule has 29 heavy (non-hydrogen) atoms. The number of rotatable bonds is 8. The van der Waals surface area contributed by atoms with E-state index in [0.29, 0.717) is 46.0 Å². The number of nitrogens with zero attached hydrogens (tertiary/aromatic N) is 1. The number of carbonyl (C=O) groups is 2. The Morgan fingerprint density at radius 3 is 2.45 bits per heavy atom. The molecule has 1 heterocycles. The Hall–Kier alpha value is -3.87. The summed E-state index contributed by atoms with van der Waals surface area (Å²) >= 11 is 0. The van der Waals surface area contributed by atoms with Crippen molar-refractivity contribution in [3.05, 3.63) is 65.4 Å². The molecule has 0 aliphatic rings. The standard InChI is InChI=1S/C22H20N2O5/c1-27-18-9-14(13-25)8-16(10-18)20(26)6-5-17-12-19(24-23-17)15-4-7-21(28-2)22(11-15)29-3/h4-13H,1-3H3,(H,23,24)/b6-5+. The first kappa shape index (κ1) is 19.9. The predicted molar refractivity (Wildman–Crippen MR) is 109 cm³/mol. The van der Waals surface area contributed by atoms with Crippen LogP contribution in [0.2, 0.25) is 0 Å². The zero-order valence-corrected chi connectivity index (χ0v) is 16.3. The van der Waals surface area contributed by atoms with Crippen molar-refractivity contribution in [3.8, 4) is 28.5 Å². The average Bonchev–Trinajstić information content (AvgIpc) is 3.25. The van der Waals surface area contributed by atoms with Crippen LogP contribution in [0, 0.1) is 0 Å². The fraction of sp³-hybridized carbons (Fsp3) is 0.136. The number of ketones is 1. The average molecular weight is 392 g/mol. The summed E-state index contributed by atoms with van der Waals surface area (Å²) in [6.07, 6.45) is 3.71. The number of hydrogen-bond acceptors (Lipinski definition) is 6. The lowest BCUT2D eigenvalue weighted by Gasteiger charge is -2.08. The predicted octanol–water partition coefficient (Wildman–Crippen LogP) is 3.81. The van der Waals surface area contributed by atoms with Gasteiger partial charge in [-0.05, 0) is 54.6 Å². The second kappa shape index (κ2) is 8.88. The van der Waals surface area contributed by atoms with Crippen LogP contribution in [0.1, 0.15) is 26.4 Å². The van der Waals surface area contributed by atoms with E-state index in [1.54, 1.807) is 38.5 Å². The molecule has 0 bridgehead atoms. The minimum Gasteiger partial charge on any atom is -0.497 e. The molecule has 0 atom stereocenters. The van der Waals surface area contributed by atoms with Crippen molar-refractivity contribution in [2.75, 3.05) is 21.3 Å². The van der Waals surface area contributed by atoms with E-state index in [4.69, 9.17) is 14.2 Å². The minimum atomic E-state index is -0.255. The van der Waals surface area contributed by atoms with E-state index >= 15 is 0 Å². The number of aldehydes is 1. The van der Waals surface area contributed by atoms with E-state index in [9.17, 15) is 9.59 Å². The van der Waals surface area contributed by atoms with E-state index in [0.717, 1.165) is 5.56 Å². The summed E-state index contributed by atoms with van der Waals surface area (Å²) < 4.78 is 15.7. The van der Waals surface area contributed by atoms with Gasteiger partial charge in [-0.1, -0.05) is 0 Å². The van der Waals surface area contributed by atoms with Crippen LogP contribution in [-0.2, 0) is 0 Å². The van der Waals surface area contributed by atoms with Crippen LogP contribution in [0.4, 0.5) is 0 Å². The number of nitrogens with one attached hydrogen (secondary N) is 1. The van der Waals surface area contributed by atoms with Crippen LogP contribution in [0.5, 0.6) is 17.2 Å². The fourth-order valence-corrected chi connectivity index (χ4v) is 2.78. The third kappa shape index (κ3) is 4.52. The summed E-state index contributed by atoms with van der Waals surface area (Å²) in [5, 5.41) is 7.15. The van der Waals surface area contributed by atoms with Crippen molar-refractivity contribution in [3.63, 3.8) is 0 Å². The molecule has 1 N–H and O–H groups in total. The lowest BCUT2D eigenvalue weighted by Crippen LogP contribution is -1.97.